The van der Waals surface area contributed by atoms with Gasteiger partial charge in [-0.3, -0.25) is 4.79 Å². The lowest BCUT2D eigenvalue weighted by molar-refractivity contribution is -0.150. The summed E-state index contributed by atoms with van der Waals surface area (Å²) in [5, 5.41) is 11.7. The van der Waals surface area contributed by atoms with Gasteiger partial charge in [-0.15, -0.1) is 0 Å². The Morgan fingerprint density at radius 3 is 2.54 bits per heavy atom. The van der Waals surface area contributed by atoms with Crippen LogP contribution in [0.15, 0.2) is 29.8 Å². The largest absolute Gasteiger partial charge is 0.448 e. The maximum Gasteiger partial charge on any atom is 0.349 e. The third kappa shape index (κ3) is 5.43. The van der Waals surface area contributed by atoms with Gasteiger partial charge in [0.15, 0.2) is 15.9 Å². The van der Waals surface area contributed by atoms with E-state index in [0.717, 1.165) is 5.56 Å². The van der Waals surface area contributed by atoms with Crippen molar-refractivity contribution in [1.82, 2.24) is 5.32 Å². The molecule has 2 rings (SSSR count). The molecule has 0 aliphatic carbocycles. The summed E-state index contributed by atoms with van der Waals surface area (Å²) >= 11 is 0. The van der Waals surface area contributed by atoms with Crippen LogP contribution in [0.25, 0.3) is 6.08 Å². The molecule has 1 amide bonds. The second kappa shape index (κ2) is 8.15. The third-order valence-electron chi connectivity index (χ3n) is 3.96. The van der Waals surface area contributed by atoms with Crippen molar-refractivity contribution in [3.8, 4) is 6.07 Å². The van der Waals surface area contributed by atoms with E-state index in [1.54, 1.807) is 18.2 Å². The van der Waals surface area contributed by atoms with Crippen LogP contribution in [-0.2, 0) is 24.2 Å². The van der Waals surface area contributed by atoms with Crippen molar-refractivity contribution in [2.24, 2.45) is 0 Å². The third-order valence-corrected chi connectivity index (χ3v) is 5.73. The first kappa shape index (κ1) is 19.7. The van der Waals surface area contributed by atoms with E-state index in [9.17, 15) is 18.0 Å². The Bertz CT molecular complexity index is 866. The predicted octanol–water partition coefficient (Wildman–Crippen LogP) is 1.14. The number of carbonyl (C=O) groups is 2. The van der Waals surface area contributed by atoms with Crippen LogP contribution in [0.2, 0.25) is 0 Å². The predicted molar refractivity (Wildman–Crippen MR) is 95.5 cm³/mol. The average Bonchev–Trinajstić information content (AvgIpc) is 2.92. The summed E-state index contributed by atoms with van der Waals surface area (Å²) < 4.78 is 27.9. The zero-order valence-corrected chi connectivity index (χ0v) is 15.4. The first-order valence-electron chi connectivity index (χ1n) is 8.10. The number of benzene rings is 1. The van der Waals surface area contributed by atoms with Crippen LogP contribution in [0.5, 0.6) is 0 Å². The molecule has 26 heavy (non-hydrogen) atoms. The molecule has 1 saturated heterocycles. The van der Waals surface area contributed by atoms with Crippen molar-refractivity contribution in [1.29, 1.82) is 5.26 Å². The topological polar surface area (TPSA) is 113 Å². The van der Waals surface area contributed by atoms with Gasteiger partial charge in [-0.05, 0) is 31.9 Å². The molecule has 1 fully saturated rings. The van der Waals surface area contributed by atoms with E-state index in [0.29, 0.717) is 12.0 Å². The Morgan fingerprint density at radius 1 is 1.35 bits per heavy atom. The summed E-state index contributed by atoms with van der Waals surface area (Å²) in [6.45, 7) is 3.29. The molecule has 0 radical (unpaired) electrons. The molecule has 2 atom stereocenters. The molecular formula is C18H20N2O5S. The van der Waals surface area contributed by atoms with Crippen molar-refractivity contribution in [2.45, 2.75) is 32.4 Å². The van der Waals surface area contributed by atoms with Crippen molar-refractivity contribution >= 4 is 27.8 Å². The van der Waals surface area contributed by atoms with Crippen molar-refractivity contribution in [2.75, 3.05) is 11.5 Å². The van der Waals surface area contributed by atoms with E-state index < -0.39 is 33.9 Å². The average molecular weight is 376 g/mol. The minimum absolute atomic E-state index is 0.0317. The molecule has 0 bridgehead atoms. The minimum atomic E-state index is -3.12. The molecule has 1 aromatic rings. The molecule has 1 aliphatic heterocycles. The van der Waals surface area contributed by atoms with E-state index >= 15 is 0 Å². The van der Waals surface area contributed by atoms with Crippen molar-refractivity contribution in [3.05, 3.63) is 41.0 Å². The van der Waals surface area contributed by atoms with Gasteiger partial charge in [0, 0.05) is 6.04 Å². The van der Waals surface area contributed by atoms with Crippen LogP contribution < -0.4 is 5.32 Å². The second-order valence-corrected chi connectivity index (χ2v) is 8.47. The molecule has 0 spiro atoms. The molecule has 0 saturated carbocycles. The van der Waals surface area contributed by atoms with Gasteiger partial charge in [0.2, 0.25) is 0 Å². The SMILES string of the molecule is Cc1ccc(/C=C(\C#N)C(=O)O[C@@H](C)C(=O)N[C@H]2CCS(=O)(=O)C2)cc1. The van der Waals surface area contributed by atoms with Gasteiger partial charge in [0.1, 0.15) is 11.6 Å². The molecule has 1 N–H and O–H groups in total. The summed E-state index contributed by atoms with van der Waals surface area (Å²) in [5.74, 6) is -1.58. The summed E-state index contributed by atoms with van der Waals surface area (Å²) in [4.78, 5) is 24.2. The number of rotatable bonds is 5. The van der Waals surface area contributed by atoms with Crippen molar-refractivity contribution < 1.29 is 22.7 Å². The van der Waals surface area contributed by atoms with E-state index in [1.807, 2.05) is 19.1 Å². The Balaban J connectivity index is 1.97. The van der Waals surface area contributed by atoms with Gasteiger partial charge in [0.05, 0.1) is 11.5 Å². The number of hydrogen-bond acceptors (Lipinski definition) is 6. The Kier molecular flexibility index (Phi) is 6.16. The summed E-state index contributed by atoms with van der Waals surface area (Å²) in [6, 6.07) is 8.50. The highest BCUT2D eigenvalue weighted by atomic mass is 32.2. The molecule has 0 unspecified atom stereocenters. The number of nitrogens with one attached hydrogen (secondary N) is 1. The maximum absolute atomic E-state index is 12.1. The van der Waals surface area contributed by atoms with Gasteiger partial charge in [-0.25, -0.2) is 13.2 Å². The lowest BCUT2D eigenvalue weighted by atomic mass is 10.1. The maximum atomic E-state index is 12.1. The highest BCUT2D eigenvalue weighted by Crippen LogP contribution is 2.13. The smallest absolute Gasteiger partial charge is 0.349 e. The lowest BCUT2D eigenvalue weighted by Gasteiger charge is -2.16. The van der Waals surface area contributed by atoms with E-state index in [4.69, 9.17) is 10.00 Å². The van der Waals surface area contributed by atoms with E-state index in [1.165, 1.54) is 13.0 Å². The highest BCUT2D eigenvalue weighted by molar-refractivity contribution is 7.91. The summed E-state index contributed by atoms with van der Waals surface area (Å²) in [5.41, 5.74) is 1.48. The number of sulfone groups is 1. The van der Waals surface area contributed by atoms with Crippen LogP contribution in [-0.4, -0.2) is 43.9 Å². The van der Waals surface area contributed by atoms with Crippen LogP contribution in [0.3, 0.4) is 0 Å². The van der Waals surface area contributed by atoms with Gasteiger partial charge >= 0.3 is 5.97 Å². The summed E-state index contributed by atoms with van der Waals surface area (Å²) in [7, 11) is -3.12. The molecule has 7 nitrogen and oxygen atoms in total. The number of aryl methyl sites for hydroxylation is 1. The van der Waals surface area contributed by atoms with Gasteiger partial charge in [-0.2, -0.15) is 5.26 Å². The molecular weight excluding hydrogens is 356 g/mol. The Labute approximate surface area is 152 Å². The fourth-order valence-corrected chi connectivity index (χ4v) is 4.14. The molecule has 138 valence electrons. The number of carbonyl (C=O) groups excluding carboxylic acids is 2. The fourth-order valence-electron chi connectivity index (χ4n) is 2.47. The van der Waals surface area contributed by atoms with Crippen LogP contribution >= 0.6 is 0 Å². The normalized spacial score (nSPS) is 20.0. The monoisotopic (exact) mass is 376 g/mol. The molecule has 8 heteroatoms. The van der Waals surface area contributed by atoms with E-state index in [2.05, 4.69) is 5.32 Å². The number of nitriles is 1. The first-order valence-corrected chi connectivity index (χ1v) is 9.92. The number of ether oxygens (including phenoxy) is 1. The first-order chi connectivity index (χ1) is 12.2. The van der Waals surface area contributed by atoms with Gasteiger partial charge in [-0.1, -0.05) is 29.8 Å². The van der Waals surface area contributed by atoms with Crippen LogP contribution in [0.4, 0.5) is 0 Å². The number of nitrogens with zero attached hydrogens (tertiary/aromatic N) is 1. The van der Waals surface area contributed by atoms with Crippen LogP contribution in [0, 0.1) is 18.3 Å². The second-order valence-electron chi connectivity index (χ2n) is 6.24. The molecule has 1 heterocycles. The van der Waals surface area contributed by atoms with Gasteiger partial charge in [0.25, 0.3) is 5.91 Å². The molecule has 0 aromatic heterocycles. The van der Waals surface area contributed by atoms with E-state index in [-0.39, 0.29) is 17.1 Å². The quantitative estimate of drug-likeness (QED) is 0.468. The zero-order valence-electron chi connectivity index (χ0n) is 14.6. The van der Waals surface area contributed by atoms with Crippen molar-refractivity contribution in [3.63, 3.8) is 0 Å². The minimum Gasteiger partial charge on any atom is -0.448 e. The number of amides is 1. The number of hydrogen-bond donors (Lipinski definition) is 1. The number of esters is 1. The van der Waals surface area contributed by atoms with Crippen LogP contribution in [0.1, 0.15) is 24.5 Å². The van der Waals surface area contributed by atoms with Gasteiger partial charge < -0.3 is 10.1 Å². The highest BCUT2D eigenvalue weighted by Gasteiger charge is 2.31. The lowest BCUT2D eigenvalue weighted by Crippen LogP contribution is -2.42. The molecule has 1 aromatic carbocycles. The zero-order chi connectivity index (χ0) is 19.3. The molecule has 1 aliphatic rings. The Morgan fingerprint density at radius 2 is 2.00 bits per heavy atom. The summed E-state index contributed by atoms with van der Waals surface area (Å²) in [6.07, 6.45) is 0.585. The Hall–Kier alpha value is -2.66. The standard InChI is InChI=1S/C18H20N2O5S/c1-12-3-5-14(6-4-12)9-15(10-19)18(22)25-13(2)17(21)20-16-7-8-26(23,24)11-16/h3-6,9,13,16H,7-8,11H2,1-2H3,(H,20,21)/b15-9+/t13-,16-/m0/s1. The fraction of sp³-hybridized carbons (Fsp3) is 0.389.